The number of rotatable bonds is 6. The standard InChI is InChI=1S/C12H12FNO5/c13-9-3-1-8(2-4-9)12(19)14(7-11(17)18)6-5-10(15)16/h1-4H,5-7H2,(H,15,16)(H,17,18). The summed E-state index contributed by atoms with van der Waals surface area (Å²) in [6, 6.07) is 4.58. The summed E-state index contributed by atoms with van der Waals surface area (Å²) in [4.78, 5) is 33.9. The maximum atomic E-state index is 12.7. The van der Waals surface area contributed by atoms with Gasteiger partial charge >= 0.3 is 11.9 Å². The van der Waals surface area contributed by atoms with Crippen molar-refractivity contribution < 1.29 is 29.0 Å². The molecule has 0 aliphatic heterocycles. The Balaban J connectivity index is 2.83. The van der Waals surface area contributed by atoms with E-state index in [9.17, 15) is 18.8 Å². The molecule has 0 spiro atoms. The van der Waals surface area contributed by atoms with E-state index in [1.165, 1.54) is 12.1 Å². The Bertz CT molecular complexity index is 485. The summed E-state index contributed by atoms with van der Waals surface area (Å²) in [7, 11) is 0. The van der Waals surface area contributed by atoms with E-state index in [4.69, 9.17) is 10.2 Å². The number of carbonyl (C=O) groups excluding carboxylic acids is 1. The Morgan fingerprint density at radius 3 is 2.11 bits per heavy atom. The van der Waals surface area contributed by atoms with E-state index in [1.54, 1.807) is 0 Å². The van der Waals surface area contributed by atoms with Gasteiger partial charge in [0.05, 0.1) is 6.42 Å². The summed E-state index contributed by atoms with van der Waals surface area (Å²) < 4.78 is 12.7. The smallest absolute Gasteiger partial charge is 0.323 e. The fraction of sp³-hybridized carbons (Fsp3) is 0.250. The molecule has 0 radical (unpaired) electrons. The van der Waals surface area contributed by atoms with Crippen LogP contribution in [0.25, 0.3) is 0 Å². The van der Waals surface area contributed by atoms with Crippen LogP contribution in [-0.2, 0) is 9.59 Å². The number of halogens is 1. The second kappa shape index (κ2) is 6.48. The largest absolute Gasteiger partial charge is 0.481 e. The third kappa shape index (κ3) is 4.74. The van der Waals surface area contributed by atoms with E-state index >= 15 is 0 Å². The zero-order chi connectivity index (χ0) is 14.4. The zero-order valence-corrected chi connectivity index (χ0v) is 9.88. The molecule has 1 amide bonds. The van der Waals surface area contributed by atoms with Gasteiger partial charge in [-0.05, 0) is 24.3 Å². The number of hydrogen-bond acceptors (Lipinski definition) is 3. The van der Waals surface area contributed by atoms with E-state index in [0.717, 1.165) is 17.0 Å². The maximum absolute atomic E-state index is 12.7. The van der Waals surface area contributed by atoms with Crippen molar-refractivity contribution in [3.05, 3.63) is 35.6 Å². The minimum atomic E-state index is -1.25. The van der Waals surface area contributed by atoms with Gasteiger partial charge in [-0.2, -0.15) is 0 Å². The topological polar surface area (TPSA) is 94.9 Å². The van der Waals surface area contributed by atoms with Crippen LogP contribution in [-0.4, -0.2) is 46.0 Å². The predicted molar refractivity (Wildman–Crippen MR) is 62.2 cm³/mol. The number of aliphatic carboxylic acids is 2. The van der Waals surface area contributed by atoms with Crippen molar-refractivity contribution in [2.24, 2.45) is 0 Å². The fourth-order valence-corrected chi connectivity index (χ4v) is 1.42. The second-order valence-electron chi connectivity index (χ2n) is 3.77. The van der Waals surface area contributed by atoms with Crippen molar-refractivity contribution in [3.8, 4) is 0 Å². The summed E-state index contributed by atoms with van der Waals surface area (Å²) in [6.45, 7) is -0.832. The quantitative estimate of drug-likeness (QED) is 0.797. The summed E-state index contributed by atoms with van der Waals surface area (Å²) in [5.74, 6) is -3.56. The first-order chi connectivity index (χ1) is 8.90. The van der Waals surface area contributed by atoms with Gasteiger partial charge in [0.25, 0.3) is 5.91 Å². The van der Waals surface area contributed by atoms with Crippen molar-refractivity contribution in [1.29, 1.82) is 0 Å². The van der Waals surface area contributed by atoms with Crippen LogP contribution in [0.4, 0.5) is 4.39 Å². The highest BCUT2D eigenvalue weighted by Gasteiger charge is 2.19. The molecule has 7 heteroatoms. The molecule has 1 aromatic carbocycles. The van der Waals surface area contributed by atoms with E-state index in [-0.39, 0.29) is 18.5 Å². The summed E-state index contributed by atoms with van der Waals surface area (Å²) >= 11 is 0. The van der Waals surface area contributed by atoms with Crippen LogP contribution in [0.5, 0.6) is 0 Å². The highest BCUT2D eigenvalue weighted by atomic mass is 19.1. The molecule has 0 saturated heterocycles. The van der Waals surface area contributed by atoms with Crippen molar-refractivity contribution in [2.75, 3.05) is 13.1 Å². The molecule has 19 heavy (non-hydrogen) atoms. The molecule has 0 fully saturated rings. The van der Waals surface area contributed by atoms with Crippen LogP contribution >= 0.6 is 0 Å². The minimum absolute atomic E-state index is 0.105. The Morgan fingerprint density at radius 1 is 1.05 bits per heavy atom. The molecule has 0 unspecified atom stereocenters. The van der Waals surface area contributed by atoms with Crippen molar-refractivity contribution >= 4 is 17.8 Å². The highest BCUT2D eigenvalue weighted by Crippen LogP contribution is 2.07. The number of hydrogen-bond donors (Lipinski definition) is 2. The molecule has 1 aromatic rings. The van der Waals surface area contributed by atoms with E-state index in [0.29, 0.717) is 0 Å². The molecule has 0 atom stereocenters. The third-order valence-corrected chi connectivity index (χ3v) is 2.30. The Hall–Kier alpha value is -2.44. The molecule has 0 aliphatic rings. The lowest BCUT2D eigenvalue weighted by Gasteiger charge is -2.19. The van der Waals surface area contributed by atoms with Crippen LogP contribution < -0.4 is 0 Å². The van der Waals surface area contributed by atoms with Gasteiger partial charge in [-0.1, -0.05) is 0 Å². The van der Waals surface area contributed by atoms with Gasteiger partial charge in [0.15, 0.2) is 0 Å². The molecule has 0 heterocycles. The lowest BCUT2D eigenvalue weighted by atomic mass is 10.2. The summed E-state index contributed by atoms with van der Waals surface area (Å²) in [6.07, 6.45) is -0.361. The van der Waals surface area contributed by atoms with Crippen LogP contribution in [0.15, 0.2) is 24.3 Å². The lowest BCUT2D eigenvalue weighted by molar-refractivity contribution is -0.140. The number of benzene rings is 1. The van der Waals surface area contributed by atoms with E-state index < -0.39 is 30.2 Å². The number of nitrogens with zero attached hydrogens (tertiary/aromatic N) is 1. The Kier molecular flexibility index (Phi) is 4.99. The average molecular weight is 269 g/mol. The van der Waals surface area contributed by atoms with Gasteiger partial charge in [-0.25, -0.2) is 4.39 Å². The Labute approximate surface area is 108 Å². The number of carboxylic acids is 2. The van der Waals surface area contributed by atoms with Crippen LogP contribution in [0.3, 0.4) is 0 Å². The SMILES string of the molecule is O=C(O)CCN(CC(=O)O)C(=O)c1ccc(F)cc1. The molecule has 6 nitrogen and oxygen atoms in total. The fourth-order valence-electron chi connectivity index (χ4n) is 1.42. The molecule has 0 saturated carbocycles. The summed E-state index contributed by atoms with van der Waals surface area (Å²) in [5.41, 5.74) is 0.105. The third-order valence-electron chi connectivity index (χ3n) is 2.30. The van der Waals surface area contributed by atoms with Crippen molar-refractivity contribution in [3.63, 3.8) is 0 Å². The average Bonchev–Trinajstić information content (AvgIpc) is 2.34. The Morgan fingerprint density at radius 2 is 1.63 bits per heavy atom. The van der Waals surface area contributed by atoms with Gasteiger partial charge in [0.1, 0.15) is 12.4 Å². The monoisotopic (exact) mass is 269 g/mol. The van der Waals surface area contributed by atoms with Crippen LogP contribution in [0, 0.1) is 5.82 Å². The molecule has 0 aromatic heterocycles. The van der Waals surface area contributed by atoms with Gasteiger partial charge in [0.2, 0.25) is 0 Å². The van der Waals surface area contributed by atoms with Gasteiger partial charge < -0.3 is 15.1 Å². The van der Waals surface area contributed by atoms with Crippen molar-refractivity contribution in [1.82, 2.24) is 4.90 Å². The van der Waals surface area contributed by atoms with E-state index in [2.05, 4.69) is 0 Å². The molecule has 1 rings (SSSR count). The predicted octanol–water partition coefficient (Wildman–Crippen LogP) is 0.827. The number of carboxylic acid groups (broad SMARTS) is 2. The second-order valence-corrected chi connectivity index (χ2v) is 3.77. The van der Waals surface area contributed by atoms with Gasteiger partial charge in [0, 0.05) is 12.1 Å². The molecular formula is C12H12FNO5. The molecular weight excluding hydrogens is 257 g/mol. The number of amides is 1. The van der Waals surface area contributed by atoms with E-state index in [1.807, 2.05) is 0 Å². The number of carbonyl (C=O) groups is 3. The molecule has 2 N–H and O–H groups in total. The molecule has 102 valence electrons. The first-order valence-corrected chi connectivity index (χ1v) is 5.38. The highest BCUT2D eigenvalue weighted by molar-refractivity contribution is 5.96. The molecule has 0 bridgehead atoms. The first-order valence-electron chi connectivity index (χ1n) is 5.38. The maximum Gasteiger partial charge on any atom is 0.323 e. The summed E-state index contributed by atoms with van der Waals surface area (Å²) in [5, 5.41) is 17.2. The van der Waals surface area contributed by atoms with Gasteiger partial charge in [-0.3, -0.25) is 14.4 Å². The first kappa shape index (κ1) is 14.6. The van der Waals surface area contributed by atoms with Crippen LogP contribution in [0.2, 0.25) is 0 Å². The normalized spacial score (nSPS) is 9.95. The minimum Gasteiger partial charge on any atom is -0.481 e. The van der Waals surface area contributed by atoms with Gasteiger partial charge in [-0.15, -0.1) is 0 Å². The molecule has 0 aliphatic carbocycles. The van der Waals surface area contributed by atoms with Crippen molar-refractivity contribution in [2.45, 2.75) is 6.42 Å². The van der Waals surface area contributed by atoms with Crippen LogP contribution in [0.1, 0.15) is 16.8 Å². The zero-order valence-electron chi connectivity index (χ0n) is 9.88. The lowest BCUT2D eigenvalue weighted by Crippen LogP contribution is -2.37.